The van der Waals surface area contributed by atoms with Crippen molar-refractivity contribution in [2.75, 3.05) is 7.11 Å². The number of fused-ring (bicyclic) bond motifs is 1. The molecule has 0 amide bonds. The van der Waals surface area contributed by atoms with Crippen LogP contribution in [0.3, 0.4) is 0 Å². The van der Waals surface area contributed by atoms with E-state index in [9.17, 15) is 5.26 Å². The molecule has 0 aliphatic rings. The summed E-state index contributed by atoms with van der Waals surface area (Å²) in [4.78, 5) is 1.17. The third-order valence-corrected chi connectivity index (χ3v) is 17.2. The van der Waals surface area contributed by atoms with Gasteiger partial charge in [0.15, 0.2) is 0 Å². The van der Waals surface area contributed by atoms with Gasteiger partial charge in [0, 0.05) is 0 Å². The molecule has 0 unspecified atom stereocenters. The molecule has 2 nitrogen and oxygen atoms in total. The number of methoxy groups -OCH3 is 1. The second kappa shape index (κ2) is 9.01. The normalized spacial score (nSPS) is 12.6. The molecule has 168 valence electrons. The van der Waals surface area contributed by atoms with E-state index < -0.39 is 5.31 Å². The first-order chi connectivity index (χ1) is 16.6. The van der Waals surface area contributed by atoms with Crippen LogP contribution in [-0.4, -0.2) is 7.11 Å². The number of thiophene rings is 1. The van der Waals surface area contributed by atoms with Gasteiger partial charge >= 0.3 is 213 Å². The molecule has 5 heteroatoms. The summed E-state index contributed by atoms with van der Waals surface area (Å²) >= 11 is 6.25. The molecule has 5 aromatic rings. The van der Waals surface area contributed by atoms with Crippen LogP contribution in [0.1, 0.15) is 10.4 Å². The van der Waals surface area contributed by atoms with Crippen molar-refractivity contribution >= 4 is 58.1 Å². The van der Waals surface area contributed by atoms with Crippen molar-refractivity contribution in [2.45, 2.75) is 6.16 Å². The molecule has 0 atom stereocenters. The minimum absolute atomic E-state index is 0.661. The average molecular weight is 544 g/mol. The van der Waals surface area contributed by atoms with E-state index in [4.69, 9.17) is 4.74 Å². The second-order valence-corrected chi connectivity index (χ2v) is 18.3. The van der Waals surface area contributed by atoms with Crippen LogP contribution in [0.25, 0.3) is 10.1 Å². The number of halogens is 1. The Labute approximate surface area is 212 Å². The van der Waals surface area contributed by atoms with E-state index in [1.807, 2.05) is 18.2 Å². The van der Waals surface area contributed by atoms with Crippen molar-refractivity contribution in [1.82, 2.24) is 0 Å². The van der Waals surface area contributed by atoms with Crippen LogP contribution >= 0.6 is 32.1 Å². The van der Waals surface area contributed by atoms with Crippen LogP contribution in [0, 0.1) is 11.3 Å². The molecule has 0 radical (unpaired) electrons. The van der Waals surface area contributed by atoms with Crippen LogP contribution < -0.4 is 20.7 Å². The van der Waals surface area contributed by atoms with Gasteiger partial charge in [-0.05, 0) is 0 Å². The fourth-order valence-corrected chi connectivity index (χ4v) is 14.7. The molecule has 0 bridgehead atoms. The van der Waals surface area contributed by atoms with E-state index in [1.54, 1.807) is 18.4 Å². The summed E-state index contributed by atoms with van der Waals surface area (Å²) in [6, 6.07) is 40.4. The molecule has 1 heterocycles. The van der Waals surface area contributed by atoms with Gasteiger partial charge in [0.2, 0.25) is 0 Å². The van der Waals surface area contributed by atoms with Gasteiger partial charge in [-0.1, -0.05) is 0 Å². The monoisotopic (exact) mass is 543 g/mol. The third kappa shape index (κ3) is 3.56. The number of nitrogens with zero attached hydrogens (tertiary/aromatic N) is 1. The minimum atomic E-state index is -3.14. The molecule has 0 aliphatic heterocycles. The van der Waals surface area contributed by atoms with E-state index in [0.717, 1.165) is 22.0 Å². The summed E-state index contributed by atoms with van der Waals surface area (Å²) in [5.74, 6) is 0.890. The van der Waals surface area contributed by atoms with Crippen molar-refractivity contribution < 1.29 is 4.74 Å². The fraction of sp³-hybridized carbons (Fsp3) is 0.0690. The summed E-state index contributed by atoms with van der Waals surface area (Å²) in [6.45, 7) is 0. The number of ether oxygens (including phenoxy) is 1. The van der Waals surface area contributed by atoms with E-state index in [1.165, 1.54) is 20.8 Å². The molecule has 0 fully saturated rings. The standard InChI is InChI=1S/C29H23BrNOPS/c1-32-29-26-18-17-22(20-31)19-27(26)34-28(29)21-33(30,23-11-5-2-6-12-23,24-13-7-3-8-14-24)25-15-9-4-10-16-25/h2-19H,21H2,1H3. The molecule has 0 saturated carbocycles. The number of hydrogen-bond acceptors (Lipinski definition) is 3. The Morgan fingerprint density at radius 2 is 1.29 bits per heavy atom. The number of nitriles is 1. The van der Waals surface area contributed by atoms with Crippen molar-refractivity contribution in [2.24, 2.45) is 0 Å². The molecule has 4 aromatic carbocycles. The quantitative estimate of drug-likeness (QED) is 0.213. The van der Waals surface area contributed by atoms with Gasteiger partial charge in [-0.2, -0.15) is 0 Å². The summed E-state index contributed by atoms with van der Waals surface area (Å²) in [5, 5.41) is 11.1. The summed E-state index contributed by atoms with van der Waals surface area (Å²) < 4.78 is 7.07. The fourth-order valence-electron chi connectivity index (χ4n) is 4.73. The Kier molecular flexibility index (Phi) is 6.04. The Morgan fingerprint density at radius 3 is 1.74 bits per heavy atom. The topological polar surface area (TPSA) is 33.0 Å². The van der Waals surface area contributed by atoms with Crippen molar-refractivity contribution in [3.63, 3.8) is 0 Å². The molecular formula is C29H23BrNOPS. The van der Waals surface area contributed by atoms with Gasteiger partial charge in [0.05, 0.1) is 0 Å². The van der Waals surface area contributed by atoms with Crippen LogP contribution in [-0.2, 0) is 6.16 Å². The average Bonchev–Trinajstić information content (AvgIpc) is 3.25. The third-order valence-electron chi connectivity index (χ3n) is 6.37. The Bertz CT molecular complexity index is 1390. The Hall–Kier alpha value is -2.96. The van der Waals surface area contributed by atoms with Crippen molar-refractivity contribution in [1.29, 1.82) is 5.26 Å². The maximum atomic E-state index is 9.43. The molecule has 0 N–H and O–H groups in total. The van der Waals surface area contributed by atoms with Gasteiger partial charge in [0.25, 0.3) is 0 Å². The molecule has 5 rings (SSSR count). The zero-order valence-electron chi connectivity index (χ0n) is 18.7. The van der Waals surface area contributed by atoms with E-state index in [-0.39, 0.29) is 0 Å². The van der Waals surface area contributed by atoms with Gasteiger partial charge in [-0.15, -0.1) is 0 Å². The zero-order valence-corrected chi connectivity index (χ0v) is 22.0. The maximum absolute atomic E-state index is 9.43. The van der Waals surface area contributed by atoms with Gasteiger partial charge < -0.3 is 0 Å². The van der Waals surface area contributed by atoms with Gasteiger partial charge in [0.1, 0.15) is 0 Å². The SMILES string of the molecule is COc1c(CP(Br)(c2ccccc2)(c2ccccc2)c2ccccc2)sc2cc(C#N)ccc12. The molecular weight excluding hydrogens is 521 g/mol. The molecule has 0 spiro atoms. The van der Waals surface area contributed by atoms with Crippen LogP contribution in [0.2, 0.25) is 0 Å². The predicted octanol–water partition coefficient (Wildman–Crippen LogP) is 7.12. The first kappa shape index (κ1) is 22.8. The van der Waals surface area contributed by atoms with Crippen LogP contribution in [0.4, 0.5) is 0 Å². The first-order valence-electron chi connectivity index (χ1n) is 11.0. The zero-order chi connectivity index (χ0) is 23.6. The van der Waals surface area contributed by atoms with E-state index >= 15 is 0 Å². The molecule has 1 aromatic heterocycles. The van der Waals surface area contributed by atoms with E-state index in [2.05, 4.69) is 113 Å². The number of hydrogen-bond donors (Lipinski definition) is 0. The van der Waals surface area contributed by atoms with Crippen LogP contribution in [0.15, 0.2) is 109 Å². The van der Waals surface area contributed by atoms with Gasteiger partial charge in [-0.25, -0.2) is 0 Å². The second-order valence-electron chi connectivity index (χ2n) is 8.23. The van der Waals surface area contributed by atoms with Crippen molar-refractivity contribution in [3.8, 4) is 11.8 Å². The van der Waals surface area contributed by atoms with E-state index in [0.29, 0.717) is 5.56 Å². The van der Waals surface area contributed by atoms with Crippen LogP contribution in [0.5, 0.6) is 5.75 Å². The van der Waals surface area contributed by atoms with Gasteiger partial charge in [-0.3, -0.25) is 0 Å². The summed E-state index contributed by atoms with van der Waals surface area (Å²) in [5.41, 5.74) is 0.661. The molecule has 34 heavy (non-hydrogen) atoms. The first-order valence-corrected chi connectivity index (χ1v) is 16.2. The predicted molar refractivity (Wildman–Crippen MR) is 151 cm³/mol. The number of rotatable bonds is 6. The summed E-state index contributed by atoms with van der Waals surface area (Å²) in [7, 11) is 1.74. The summed E-state index contributed by atoms with van der Waals surface area (Å²) in [6.07, 6.45) is 0.758. The van der Waals surface area contributed by atoms with Crippen molar-refractivity contribution in [3.05, 3.63) is 120 Å². The number of benzene rings is 4. The molecule has 0 aliphatic carbocycles. The Morgan fingerprint density at radius 1 is 0.794 bits per heavy atom. The molecule has 0 saturated heterocycles. The Balaban J connectivity index is 1.86.